The Morgan fingerprint density at radius 2 is 1.63 bits per heavy atom. The van der Waals surface area contributed by atoms with Crippen molar-refractivity contribution >= 4 is 34.5 Å². The summed E-state index contributed by atoms with van der Waals surface area (Å²) in [6.07, 6.45) is -0.891. The van der Waals surface area contributed by atoms with E-state index in [4.69, 9.17) is 15.9 Å². The summed E-state index contributed by atoms with van der Waals surface area (Å²) in [7, 11) is 1.41. The van der Waals surface area contributed by atoms with Gasteiger partial charge < -0.3 is 20.5 Å². The molecule has 190 valence electrons. The van der Waals surface area contributed by atoms with Crippen molar-refractivity contribution in [2.75, 3.05) is 13.7 Å². The second kappa shape index (κ2) is 10.1. The van der Waals surface area contributed by atoms with Gasteiger partial charge in [-0.25, -0.2) is 0 Å². The molecule has 2 aromatic rings. The standard InChI is InChI=1S/C27H35N3O4.BrH/c1-26(2,3)19-11-17(12-20(22(19)32)27(4,5)6)21(31)14-30-13-16-9-8-15(10-18(16)24(30)28)23(34-7)25(29)33;/h8-12,23,28,32H,13-14H2,1-7H3,(H2,29,33);1H. The molecule has 0 fully saturated rings. The van der Waals surface area contributed by atoms with Gasteiger partial charge in [0.05, 0.1) is 6.54 Å². The Morgan fingerprint density at radius 1 is 1.09 bits per heavy atom. The summed E-state index contributed by atoms with van der Waals surface area (Å²) >= 11 is 0. The number of methoxy groups -OCH3 is 1. The third-order valence-corrected chi connectivity index (χ3v) is 6.25. The van der Waals surface area contributed by atoms with Crippen LogP contribution < -0.4 is 5.73 Å². The van der Waals surface area contributed by atoms with Crippen molar-refractivity contribution in [1.82, 2.24) is 4.90 Å². The highest BCUT2D eigenvalue weighted by Crippen LogP contribution is 2.40. The molecular formula is C27H36BrN3O4. The van der Waals surface area contributed by atoms with Crippen LogP contribution in [0.4, 0.5) is 0 Å². The summed E-state index contributed by atoms with van der Waals surface area (Å²) in [5.41, 5.74) is 8.85. The van der Waals surface area contributed by atoms with Gasteiger partial charge in [0.1, 0.15) is 11.6 Å². The molecule has 7 nitrogen and oxygen atoms in total. The van der Waals surface area contributed by atoms with E-state index in [1.165, 1.54) is 7.11 Å². The SMILES string of the molecule is Br.COC(C(N)=O)c1ccc2c(c1)C(=N)N(CC(=O)c1cc(C(C)(C)C)c(O)c(C(C)(C)C)c1)C2. The van der Waals surface area contributed by atoms with Crippen LogP contribution in [-0.2, 0) is 26.9 Å². The highest BCUT2D eigenvalue weighted by Gasteiger charge is 2.31. The molecular weight excluding hydrogens is 510 g/mol. The van der Waals surface area contributed by atoms with E-state index in [2.05, 4.69) is 0 Å². The summed E-state index contributed by atoms with van der Waals surface area (Å²) in [6.45, 7) is 12.5. The normalized spacial score (nSPS) is 14.4. The van der Waals surface area contributed by atoms with Crippen molar-refractivity contribution in [3.8, 4) is 5.75 Å². The number of hydrogen-bond acceptors (Lipinski definition) is 5. The minimum absolute atomic E-state index is 0. The van der Waals surface area contributed by atoms with Gasteiger partial charge in [-0.05, 0) is 40.2 Å². The van der Waals surface area contributed by atoms with E-state index in [1.807, 2.05) is 47.6 Å². The van der Waals surface area contributed by atoms with Gasteiger partial charge in [-0.2, -0.15) is 0 Å². The van der Waals surface area contributed by atoms with Crippen molar-refractivity contribution in [3.63, 3.8) is 0 Å². The van der Waals surface area contributed by atoms with E-state index < -0.39 is 12.0 Å². The zero-order valence-corrected chi connectivity index (χ0v) is 23.2. The topological polar surface area (TPSA) is 117 Å². The summed E-state index contributed by atoms with van der Waals surface area (Å²) in [4.78, 5) is 26.8. The Morgan fingerprint density at radius 3 is 2.09 bits per heavy atom. The molecule has 1 heterocycles. The van der Waals surface area contributed by atoms with Gasteiger partial charge >= 0.3 is 0 Å². The van der Waals surface area contributed by atoms with Gasteiger partial charge in [-0.15, -0.1) is 17.0 Å². The Bertz CT molecular complexity index is 1130. The number of nitrogens with zero attached hydrogens (tertiary/aromatic N) is 1. The molecule has 3 rings (SSSR count). The number of Topliss-reactive ketones (excluding diaryl/α,β-unsaturated/α-hetero) is 1. The van der Waals surface area contributed by atoms with E-state index in [0.29, 0.717) is 23.2 Å². The van der Waals surface area contributed by atoms with Crippen LogP contribution in [0.3, 0.4) is 0 Å². The molecule has 1 atom stereocenters. The third kappa shape index (κ3) is 5.76. The Hall–Kier alpha value is -2.71. The molecule has 1 aliphatic rings. The zero-order chi connectivity index (χ0) is 25.6. The first kappa shape index (κ1) is 28.5. The molecule has 8 heteroatoms. The first-order valence-corrected chi connectivity index (χ1v) is 11.3. The zero-order valence-electron chi connectivity index (χ0n) is 21.5. The van der Waals surface area contributed by atoms with Gasteiger partial charge in [0.2, 0.25) is 0 Å². The number of phenols is 1. The molecule has 0 spiro atoms. The van der Waals surface area contributed by atoms with Crippen molar-refractivity contribution in [2.24, 2.45) is 5.73 Å². The number of halogens is 1. The predicted octanol–water partition coefficient (Wildman–Crippen LogP) is 4.76. The van der Waals surface area contributed by atoms with Crippen molar-refractivity contribution in [2.45, 2.75) is 65.0 Å². The molecule has 1 aliphatic heterocycles. The van der Waals surface area contributed by atoms with Crippen molar-refractivity contribution in [1.29, 1.82) is 5.41 Å². The highest BCUT2D eigenvalue weighted by atomic mass is 79.9. The van der Waals surface area contributed by atoms with Gasteiger partial charge in [0.25, 0.3) is 5.91 Å². The molecule has 0 saturated heterocycles. The molecule has 0 aliphatic carbocycles. The number of nitrogens with two attached hydrogens (primary N) is 1. The number of carbonyl (C=O) groups is 2. The van der Waals surface area contributed by atoms with Gasteiger partial charge in [0, 0.05) is 35.9 Å². The van der Waals surface area contributed by atoms with E-state index in [1.54, 1.807) is 29.2 Å². The van der Waals surface area contributed by atoms with Crippen LogP contribution in [0.2, 0.25) is 0 Å². The maximum absolute atomic E-state index is 13.4. The monoisotopic (exact) mass is 545 g/mol. The molecule has 4 N–H and O–H groups in total. The van der Waals surface area contributed by atoms with Gasteiger partial charge in [-0.3, -0.25) is 15.0 Å². The van der Waals surface area contributed by atoms with E-state index in [9.17, 15) is 14.7 Å². The van der Waals surface area contributed by atoms with E-state index in [0.717, 1.165) is 16.7 Å². The number of phenolic OH excluding ortho intramolecular Hbond substituents is 1. The number of rotatable bonds is 6. The average molecular weight is 547 g/mol. The fraction of sp³-hybridized carbons (Fsp3) is 0.444. The van der Waals surface area contributed by atoms with Gasteiger partial charge in [-0.1, -0.05) is 53.7 Å². The molecule has 2 aromatic carbocycles. The van der Waals surface area contributed by atoms with Crippen LogP contribution in [0.15, 0.2) is 30.3 Å². The highest BCUT2D eigenvalue weighted by molar-refractivity contribution is 8.93. The summed E-state index contributed by atoms with van der Waals surface area (Å²) in [5, 5.41) is 19.6. The lowest BCUT2D eigenvalue weighted by atomic mass is 9.78. The fourth-order valence-corrected chi connectivity index (χ4v) is 4.33. The molecule has 0 aromatic heterocycles. The number of fused-ring (bicyclic) bond motifs is 1. The Labute approximate surface area is 217 Å². The molecule has 1 amide bonds. The predicted molar refractivity (Wildman–Crippen MR) is 143 cm³/mol. The first-order valence-electron chi connectivity index (χ1n) is 11.3. The second-order valence-electron chi connectivity index (χ2n) is 11.0. The summed E-state index contributed by atoms with van der Waals surface area (Å²) in [5.74, 6) is -0.278. The van der Waals surface area contributed by atoms with Crippen LogP contribution >= 0.6 is 17.0 Å². The number of amidine groups is 1. The van der Waals surface area contributed by atoms with Crippen LogP contribution in [0.1, 0.15) is 85.8 Å². The second-order valence-corrected chi connectivity index (χ2v) is 11.0. The Balaban J connectivity index is 0.00000432. The van der Waals surface area contributed by atoms with E-state index in [-0.39, 0.29) is 51.7 Å². The lowest BCUT2D eigenvalue weighted by molar-refractivity contribution is -0.128. The number of carbonyl (C=O) groups excluding carboxylic acids is 2. The van der Waals surface area contributed by atoms with Crippen molar-refractivity contribution < 1.29 is 19.4 Å². The number of aromatic hydroxyl groups is 1. The summed E-state index contributed by atoms with van der Waals surface area (Å²) < 4.78 is 5.20. The van der Waals surface area contributed by atoms with Gasteiger partial charge in [0.15, 0.2) is 11.9 Å². The lowest BCUT2D eigenvalue weighted by Gasteiger charge is -2.28. The number of ketones is 1. The average Bonchev–Trinajstić information content (AvgIpc) is 3.01. The number of primary amides is 1. The van der Waals surface area contributed by atoms with Crippen LogP contribution in [-0.4, -0.2) is 41.2 Å². The van der Waals surface area contributed by atoms with Crippen molar-refractivity contribution in [3.05, 3.63) is 63.7 Å². The first-order chi connectivity index (χ1) is 15.6. The smallest absolute Gasteiger partial charge is 0.251 e. The lowest BCUT2D eigenvalue weighted by Crippen LogP contribution is -2.31. The van der Waals surface area contributed by atoms with Crippen LogP contribution in [0, 0.1) is 5.41 Å². The van der Waals surface area contributed by atoms with E-state index >= 15 is 0 Å². The maximum atomic E-state index is 13.4. The summed E-state index contributed by atoms with van der Waals surface area (Å²) in [6, 6.07) is 8.88. The largest absolute Gasteiger partial charge is 0.507 e. The molecule has 0 saturated carbocycles. The number of hydrogen-bond donors (Lipinski definition) is 3. The Kier molecular flexibility index (Phi) is 8.24. The van der Waals surface area contributed by atoms with Crippen LogP contribution in [0.5, 0.6) is 5.75 Å². The minimum Gasteiger partial charge on any atom is -0.507 e. The molecule has 0 bridgehead atoms. The number of nitrogens with one attached hydrogen (secondary N) is 1. The molecule has 1 unspecified atom stereocenters. The number of amides is 1. The number of ether oxygens (including phenoxy) is 1. The fourth-order valence-electron chi connectivity index (χ4n) is 4.33. The minimum atomic E-state index is -0.891. The molecule has 35 heavy (non-hydrogen) atoms. The third-order valence-electron chi connectivity index (χ3n) is 6.25. The van der Waals surface area contributed by atoms with Crippen LogP contribution in [0.25, 0.3) is 0 Å². The quantitative estimate of drug-likeness (QED) is 0.452. The maximum Gasteiger partial charge on any atom is 0.251 e. The molecule has 0 radical (unpaired) electrons. The number of benzene rings is 2.